The molecule has 2 heterocycles. The number of nitrogens with one attached hydrogen (secondary N) is 1. The van der Waals surface area contributed by atoms with Crippen molar-refractivity contribution in [2.45, 2.75) is 32.9 Å². The number of hydrogen-bond acceptors (Lipinski definition) is 4. The smallest absolute Gasteiger partial charge is 0.227 e. The molecule has 0 radical (unpaired) electrons. The largest absolute Gasteiger partial charge is 0.492 e. The van der Waals surface area contributed by atoms with Crippen LogP contribution in [0, 0.1) is 17.2 Å². The van der Waals surface area contributed by atoms with E-state index in [4.69, 9.17) is 4.74 Å². The van der Waals surface area contributed by atoms with Crippen molar-refractivity contribution in [1.29, 1.82) is 5.26 Å². The molecule has 7 nitrogen and oxygen atoms in total. The Labute approximate surface area is 192 Å². The predicted molar refractivity (Wildman–Crippen MR) is 127 cm³/mol. The Balaban J connectivity index is 1.43. The molecular formula is C26H25N5O2. The molecule has 0 atom stereocenters. The third kappa shape index (κ3) is 4.20. The van der Waals surface area contributed by atoms with Gasteiger partial charge in [0.2, 0.25) is 5.91 Å². The molecule has 7 heteroatoms. The number of benzene rings is 2. The lowest BCUT2D eigenvalue weighted by Crippen LogP contribution is -2.13. The van der Waals surface area contributed by atoms with E-state index in [2.05, 4.69) is 27.9 Å². The molecule has 1 N–H and O–H groups in total. The van der Waals surface area contributed by atoms with E-state index < -0.39 is 0 Å². The fourth-order valence-electron chi connectivity index (χ4n) is 4.15. The zero-order valence-electron chi connectivity index (χ0n) is 18.5. The summed E-state index contributed by atoms with van der Waals surface area (Å²) in [6.07, 6.45) is 7.37. The molecule has 5 rings (SSSR count). The minimum atomic E-state index is 0.0868. The van der Waals surface area contributed by atoms with Gasteiger partial charge < -0.3 is 19.2 Å². The monoisotopic (exact) mass is 439 g/mol. The van der Waals surface area contributed by atoms with Gasteiger partial charge in [0.15, 0.2) is 0 Å². The van der Waals surface area contributed by atoms with Gasteiger partial charge in [0.1, 0.15) is 18.4 Å². The molecule has 0 saturated heterocycles. The molecule has 1 amide bonds. The number of hydrogen-bond donors (Lipinski definition) is 1. The Bertz CT molecular complexity index is 1330. The Kier molecular flexibility index (Phi) is 5.57. The molecule has 0 aliphatic heterocycles. The van der Waals surface area contributed by atoms with Crippen molar-refractivity contribution >= 4 is 22.5 Å². The first-order valence-electron chi connectivity index (χ1n) is 11.2. The number of amides is 1. The molecule has 1 aliphatic rings. The summed E-state index contributed by atoms with van der Waals surface area (Å²) in [4.78, 5) is 16.1. The number of fused-ring (bicyclic) bond motifs is 1. The topological polar surface area (TPSA) is 84.9 Å². The standard InChI is InChI=1S/C26H25N5O2/c1-2-31-24-15-21(33-14-13-30-12-11-28-17-30)9-10-22(24)23(16-27)25(31)18-5-7-20(8-6-18)29-26(32)19-3-4-19/h5-12,15,17,19H,2-4,13-14H2,1H3,(H,29,32). The number of aromatic nitrogens is 3. The van der Waals surface area contributed by atoms with Crippen LogP contribution in [0.25, 0.3) is 22.2 Å². The van der Waals surface area contributed by atoms with E-state index in [-0.39, 0.29) is 11.8 Å². The molecule has 166 valence electrons. The Hall–Kier alpha value is -4.05. The fourth-order valence-corrected chi connectivity index (χ4v) is 4.15. The minimum Gasteiger partial charge on any atom is -0.492 e. The summed E-state index contributed by atoms with van der Waals surface area (Å²) in [6.45, 7) is 4.03. The van der Waals surface area contributed by atoms with E-state index in [0.717, 1.165) is 46.4 Å². The molecule has 0 unspecified atom stereocenters. The summed E-state index contributed by atoms with van der Waals surface area (Å²) >= 11 is 0. The quantitative estimate of drug-likeness (QED) is 0.426. The summed E-state index contributed by atoms with van der Waals surface area (Å²) in [6, 6.07) is 16.0. The third-order valence-electron chi connectivity index (χ3n) is 6.02. The molecule has 0 spiro atoms. The first kappa shape index (κ1) is 20.8. The Morgan fingerprint density at radius 3 is 2.73 bits per heavy atom. The van der Waals surface area contributed by atoms with E-state index in [1.54, 1.807) is 12.5 Å². The summed E-state index contributed by atoms with van der Waals surface area (Å²) in [5, 5.41) is 13.9. The zero-order valence-corrected chi connectivity index (χ0v) is 18.5. The second-order valence-corrected chi connectivity index (χ2v) is 8.25. The van der Waals surface area contributed by atoms with Gasteiger partial charge in [-0.1, -0.05) is 12.1 Å². The number of aryl methyl sites for hydroxylation is 1. The van der Waals surface area contributed by atoms with Crippen LogP contribution in [0.2, 0.25) is 0 Å². The lowest BCUT2D eigenvalue weighted by atomic mass is 10.1. The number of carbonyl (C=O) groups is 1. The van der Waals surface area contributed by atoms with E-state index >= 15 is 0 Å². The second-order valence-electron chi connectivity index (χ2n) is 8.25. The van der Waals surface area contributed by atoms with E-state index in [9.17, 15) is 10.1 Å². The van der Waals surface area contributed by atoms with Crippen LogP contribution in [0.1, 0.15) is 25.3 Å². The van der Waals surface area contributed by atoms with Gasteiger partial charge in [-0.2, -0.15) is 5.26 Å². The number of rotatable bonds is 8. The van der Waals surface area contributed by atoms with Crippen LogP contribution in [0.3, 0.4) is 0 Å². The lowest BCUT2D eigenvalue weighted by Gasteiger charge is -2.11. The maximum absolute atomic E-state index is 12.0. The van der Waals surface area contributed by atoms with Crippen molar-refractivity contribution in [1.82, 2.24) is 14.1 Å². The van der Waals surface area contributed by atoms with Gasteiger partial charge in [-0.05, 0) is 49.6 Å². The molecule has 2 aromatic heterocycles. The molecule has 1 aliphatic carbocycles. The van der Waals surface area contributed by atoms with Crippen molar-refractivity contribution in [2.75, 3.05) is 11.9 Å². The summed E-state index contributed by atoms with van der Waals surface area (Å²) < 4.78 is 10.1. The summed E-state index contributed by atoms with van der Waals surface area (Å²) in [5.74, 6) is 1.02. The molecule has 1 saturated carbocycles. The lowest BCUT2D eigenvalue weighted by molar-refractivity contribution is -0.117. The van der Waals surface area contributed by atoms with Crippen molar-refractivity contribution in [3.8, 4) is 23.1 Å². The predicted octanol–water partition coefficient (Wildman–Crippen LogP) is 4.82. The first-order chi connectivity index (χ1) is 16.2. The highest BCUT2D eigenvalue weighted by Crippen LogP contribution is 2.36. The van der Waals surface area contributed by atoms with Crippen molar-refractivity contribution in [2.24, 2.45) is 5.92 Å². The van der Waals surface area contributed by atoms with Gasteiger partial charge in [0, 0.05) is 42.0 Å². The van der Waals surface area contributed by atoms with Gasteiger partial charge in [-0.25, -0.2) is 4.98 Å². The average molecular weight is 440 g/mol. The summed E-state index contributed by atoms with van der Waals surface area (Å²) in [5.41, 5.74) is 4.21. The summed E-state index contributed by atoms with van der Waals surface area (Å²) in [7, 11) is 0. The van der Waals surface area contributed by atoms with Crippen LogP contribution in [-0.2, 0) is 17.9 Å². The van der Waals surface area contributed by atoms with Crippen molar-refractivity contribution in [3.05, 3.63) is 66.7 Å². The normalized spacial score (nSPS) is 13.1. The molecule has 33 heavy (non-hydrogen) atoms. The van der Waals surface area contributed by atoms with Crippen LogP contribution in [0.5, 0.6) is 5.75 Å². The van der Waals surface area contributed by atoms with Gasteiger partial charge in [-0.3, -0.25) is 4.79 Å². The first-order valence-corrected chi connectivity index (χ1v) is 11.2. The highest BCUT2D eigenvalue weighted by atomic mass is 16.5. The SMILES string of the molecule is CCn1c(-c2ccc(NC(=O)C3CC3)cc2)c(C#N)c2ccc(OCCn3ccnc3)cc21. The van der Waals surface area contributed by atoms with Gasteiger partial charge in [0.05, 0.1) is 29.6 Å². The number of nitriles is 1. The van der Waals surface area contributed by atoms with Crippen molar-refractivity contribution < 1.29 is 9.53 Å². The number of imidazole rings is 1. The Morgan fingerprint density at radius 1 is 1.24 bits per heavy atom. The third-order valence-corrected chi connectivity index (χ3v) is 6.02. The van der Waals surface area contributed by atoms with E-state index in [1.165, 1.54) is 0 Å². The second kappa shape index (κ2) is 8.83. The van der Waals surface area contributed by atoms with Crippen LogP contribution < -0.4 is 10.1 Å². The maximum atomic E-state index is 12.0. The average Bonchev–Trinajstić information content (AvgIpc) is 3.47. The molecule has 4 aromatic rings. The van der Waals surface area contributed by atoms with Crippen LogP contribution in [0.4, 0.5) is 5.69 Å². The number of anilines is 1. The number of nitrogens with zero attached hydrogens (tertiary/aromatic N) is 4. The molecular weight excluding hydrogens is 414 g/mol. The molecule has 2 aromatic carbocycles. The molecule has 0 bridgehead atoms. The zero-order chi connectivity index (χ0) is 22.8. The fraction of sp³-hybridized carbons (Fsp3) is 0.269. The minimum absolute atomic E-state index is 0.0868. The van der Waals surface area contributed by atoms with E-state index in [1.807, 2.05) is 53.2 Å². The van der Waals surface area contributed by atoms with Crippen LogP contribution >= 0.6 is 0 Å². The van der Waals surface area contributed by atoms with Gasteiger partial charge in [-0.15, -0.1) is 0 Å². The van der Waals surface area contributed by atoms with Crippen LogP contribution in [-0.4, -0.2) is 26.6 Å². The van der Waals surface area contributed by atoms with Crippen LogP contribution in [0.15, 0.2) is 61.2 Å². The van der Waals surface area contributed by atoms with Crippen molar-refractivity contribution in [3.63, 3.8) is 0 Å². The number of ether oxygens (including phenoxy) is 1. The number of carbonyl (C=O) groups excluding carboxylic acids is 1. The van der Waals surface area contributed by atoms with E-state index in [0.29, 0.717) is 25.3 Å². The highest BCUT2D eigenvalue weighted by Gasteiger charge is 2.29. The molecule has 1 fully saturated rings. The maximum Gasteiger partial charge on any atom is 0.227 e. The Morgan fingerprint density at radius 2 is 2.06 bits per heavy atom. The highest BCUT2D eigenvalue weighted by molar-refractivity contribution is 5.96. The van der Waals surface area contributed by atoms with Gasteiger partial charge >= 0.3 is 0 Å². The van der Waals surface area contributed by atoms with Gasteiger partial charge in [0.25, 0.3) is 0 Å².